The highest BCUT2D eigenvalue weighted by molar-refractivity contribution is 8.00. The number of thioether (sulfide) groups is 1. The molecule has 8 nitrogen and oxygen atoms in total. The average molecular weight is 451 g/mol. The molecule has 0 saturated heterocycles. The summed E-state index contributed by atoms with van der Waals surface area (Å²) >= 11 is 10.0. The third kappa shape index (κ3) is 4.07. The minimum absolute atomic E-state index is 0.213. The van der Waals surface area contributed by atoms with Crippen LogP contribution in [-0.2, 0) is 5.75 Å². The lowest BCUT2D eigenvalue weighted by Gasteiger charge is -2.02. The van der Waals surface area contributed by atoms with E-state index in [-0.39, 0.29) is 11.5 Å². The molecule has 3 heterocycles. The second kappa shape index (κ2) is 7.95. The Morgan fingerprint density at radius 2 is 2.11 bits per heavy atom. The number of hydrogen-bond acceptors (Lipinski definition) is 9. The number of rotatable bonds is 5. The van der Waals surface area contributed by atoms with Crippen molar-refractivity contribution in [2.24, 2.45) is 0 Å². The Kier molecular flexibility index (Phi) is 5.40. The largest absolute Gasteiger partial charge is 0.296 e. The van der Waals surface area contributed by atoms with Gasteiger partial charge in [0, 0.05) is 11.8 Å². The summed E-state index contributed by atoms with van der Waals surface area (Å²) in [5, 5.41) is 16.3. The molecule has 1 amide bonds. The van der Waals surface area contributed by atoms with Gasteiger partial charge in [0.05, 0.1) is 16.3 Å². The number of nitrogens with zero attached hydrogens (tertiary/aromatic N) is 5. The summed E-state index contributed by atoms with van der Waals surface area (Å²) < 4.78 is 1.94. The molecule has 0 fully saturated rings. The average Bonchev–Trinajstić information content (AvgIpc) is 3.26. The summed E-state index contributed by atoms with van der Waals surface area (Å²) in [5.41, 5.74) is 0.789. The molecule has 4 rings (SSSR count). The van der Waals surface area contributed by atoms with E-state index >= 15 is 0 Å². The fourth-order valence-electron chi connectivity index (χ4n) is 2.29. The molecule has 0 bridgehead atoms. The Balaban J connectivity index is 1.43. The van der Waals surface area contributed by atoms with Crippen molar-refractivity contribution in [3.8, 4) is 0 Å². The van der Waals surface area contributed by atoms with E-state index in [1.165, 1.54) is 45.0 Å². The summed E-state index contributed by atoms with van der Waals surface area (Å²) in [7, 11) is 0. The first-order chi connectivity index (χ1) is 13.5. The number of amides is 1. The molecule has 0 saturated carbocycles. The maximum absolute atomic E-state index is 12.3. The van der Waals surface area contributed by atoms with Gasteiger partial charge >= 0.3 is 0 Å². The van der Waals surface area contributed by atoms with Gasteiger partial charge in [-0.25, -0.2) is 4.98 Å². The monoisotopic (exact) mass is 450 g/mol. The number of aryl methyl sites for hydroxylation is 1. The van der Waals surface area contributed by atoms with Crippen LogP contribution in [0, 0.1) is 6.92 Å². The SMILES string of the molecule is Cc1nn2c(=O)cc(CSc3nnc(NC(=O)c4ccccc4Cl)s3)nc2s1. The quantitative estimate of drug-likeness (QED) is 0.366. The first kappa shape index (κ1) is 19.0. The number of aromatic nitrogens is 5. The van der Waals surface area contributed by atoms with Crippen molar-refractivity contribution in [1.82, 2.24) is 24.8 Å². The summed E-state index contributed by atoms with van der Waals surface area (Å²) in [6.07, 6.45) is 0. The van der Waals surface area contributed by atoms with Gasteiger partial charge in [0.25, 0.3) is 11.5 Å². The number of benzene rings is 1. The summed E-state index contributed by atoms with van der Waals surface area (Å²) in [4.78, 5) is 29.4. The molecule has 4 aromatic rings. The predicted molar refractivity (Wildman–Crippen MR) is 111 cm³/mol. The van der Waals surface area contributed by atoms with E-state index in [4.69, 9.17) is 11.6 Å². The smallest absolute Gasteiger partial charge is 0.275 e. The van der Waals surface area contributed by atoms with Crippen molar-refractivity contribution in [1.29, 1.82) is 0 Å². The lowest BCUT2D eigenvalue weighted by molar-refractivity contribution is 0.102. The Morgan fingerprint density at radius 1 is 1.29 bits per heavy atom. The van der Waals surface area contributed by atoms with Crippen molar-refractivity contribution in [3.05, 3.63) is 62.0 Å². The minimum atomic E-state index is -0.348. The number of nitrogens with one attached hydrogen (secondary N) is 1. The Morgan fingerprint density at radius 3 is 2.93 bits per heavy atom. The molecule has 0 unspecified atom stereocenters. The van der Waals surface area contributed by atoms with Crippen LogP contribution >= 0.6 is 46.0 Å². The zero-order valence-corrected chi connectivity index (χ0v) is 17.5. The molecule has 0 aliphatic rings. The van der Waals surface area contributed by atoms with Gasteiger partial charge in [-0.3, -0.25) is 14.9 Å². The summed E-state index contributed by atoms with van der Waals surface area (Å²) in [6.45, 7) is 1.83. The van der Waals surface area contributed by atoms with Crippen LogP contribution in [0.4, 0.5) is 5.13 Å². The second-order valence-electron chi connectivity index (χ2n) is 5.50. The van der Waals surface area contributed by atoms with Crippen molar-refractivity contribution in [2.45, 2.75) is 17.0 Å². The van der Waals surface area contributed by atoms with Gasteiger partial charge < -0.3 is 0 Å². The second-order valence-corrected chi connectivity index (χ2v) is 9.26. The maximum atomic E-state index is 12.3. The van der Waals surface area contributed by atoms with Gasteiger partial charge in [0.1, 0.15) is 5.01 Å². The number of carbonyl (C=O) groups excluding carboxylic acids is 1. The third-order valence-electron chi connectivity index (χ3n) is 3.49. The zero-order valence-electron chi connectivity index (χ0n) is 14.2. The van der Waals surface area contributed by atoms with Crippen LogP contribution in [-0.4, -0.2) is 30.7 Å². The van der Waals surface area contributed by atoms with Crippen LogP contribution in [0.15, 0.2) is 39.5 Å². The maximum Gasteiger partial charge on any atom is 0.275 e. The van der Waals surface area contributed by atoms with Crippen LogP contribution in [0.1, 0.15) is 21.1 Å². The van der Waals surface area contributed by atoms with E-state index in [1.54, 1.807) is 24.3 Å². The Bertz CT molecular complexity index is 1230. The van der Waals surface area contributed by atoms with Crippen LogP contribution in [0.3, 0.4) is 0 Å². The molecular weight excluding hydrogens is 440 g/mol. The number of hydrogen-bond donors (Lipinski definition) is 1. The number of carbonyl (C=O) groups is 1. The molecule has 0 spiro atoms. The topological polar surface area (TPSA) is 102 Å². The third-order valence-corrected chi connectivity index (χ3v) is 6.65. The fourth-order valence-corrected chi connectivity index (χ4v) is 4.92. The molecule has 28 heavy (non-hydrogen) atoms. The molecule has 0 atom stereocenters. The fraction of sp³-hybridized carbons (Fsp3) is 0.125. The molecule has 1 aromatic carbocycles. The van der Waals surface area contributed by atoms with Crippen molar-refractivity contribution in [3.63, 3.8) is 0 Å². The van der Waals surface area contributed by atoms with Crippen molar-refractivity contribution in [2.75, 3.05) is 5.32 Å². The number of anilines is 1. The van der Waals surface area contributed by atoms with Gasteiger partial charge in [-0.15, -0.1) is 10.2 Å². The summed E-state index contributed by atoms with van der Waals surface area (Å²) in [5.74, 6) is 0.106. The molecule has 0 radical (unpaired) electrons. The van der Waals surface area contributed by atoms with E-state index in [0.717, 1.165) is 5.01 Å². The summed E-state index contributed by atoms with van der Waals surface area (Å²) in [6, 6.07) is 8.23. The molecule has 0 aliphatic heterocycles. The molecule has 3 aromatic heterocycles. The van der Waals surface area contributed by atoms with Crippen LogP contribution in [0.2, 0.25) is 5.02 Å². The Labute approximate surface area is 175 Å². The van der Waals surface area contributed by atoms with Crippen molar-refractivity contribution >= 4 is 62.0 Å². The van der Waals surface area contributed by atoms with E-state index < -0.39 is 0 Å². The molecular formula is C16H11ClN6O2S3. The van der Waals surface area contributed by atoms with Crippen LogP contribution in [0.5, 0.6) is 0 Å². The number of halogens is 1. The minimum Gasteiger partial charge on any atom is -0.296 e. The molecule has 0 aliphatic carbocycles. The van der Waals surface area contributed by atoms with Crippen LogP contribution in [0.25, 0.3) is 4.96 Å². The standard InChI is InChI=1S/C16H11ClN6O2S3/c1-8-22-23-12(24)6-9(18-15(23)27-8)7-26-16-21-20-14(28-16)19-13(25)10-4-2-3-5-11(10)17/h2-6H,7H2,1H3,(H,19,20,25). The molecule has 1 N–H and O–H groups in total. The van der Waals surface area contributed by atoms with Gasteiger partial charge in [0.2, 0.25) is 10.1 Å². The Hall–Kier alpha value is -2.34. The zero-order chi connectivity index (χ0) is 19.7. The predicted octanol–water partition coefficient (Wildman–Crippen LogP) is 3.51. The highest BCUT2D eigenvalue weighted by Gasteiger charge is 2.14. The lowest BCUT2D eigenvalue weighted by atomic mass is 10.2. The van der Waals surface area contributed by atoms with Crippen molar-refractivity contribution < 1.29 is 4.79 Å². The highest BCUT2D eigenvalue weighted by atomic mass is 35.5. The first-order valence-electron chi connectivity index (χ1n) is 7.88. The van der Waals surface area contributed by atoms with Crippen LogP contribution < -0.4 is 10.9 Å². The van der Waals surface area contributed by atoms with Gasteiger partial charge in [-0.2, -0.15) is 9.61 Å². The number of fused-ring (bicyclic) bond motifs is 1. The van der Waals surface area contributed by atoms with E-state index in [0.29, 0.717) is 36.5 Å². The first-order valence-corrected chi connectivity index (χ1v) is 10.9. The van der Waals surface area contributed by atoms with Gasteiger partial charge in [-0.05, 0) is 19.1 Å². The van der Waals surface area contributed by atoms with Gasteiger partial charge in [-0.1, -0.05) is 58.2 Å². The van der Waals surface area contributed by atoms with E-state index in [1.807, 2.05) is 6.92 Å². The highest BCUT2D eigenvalue weighted by Crippen LogP contribution is 2.28. The van der Waals surface area contributed by atoms with E-state index in [9.17, 15) is 9.59 Å². The molecule has 142 valence electrons. The lowest BCUT2D eigenvalue weighted by Crippen LogP contribution is -2.15. The normalized spacial score (nSPS) is 11.1. The van der Waals surface area contributed by atoms with Gasteiger partial charge in [0.15, 0.2) is 4.34 Å². The van der Waals surface area contributed by atoms with E-state index in [2.05, 4.69) is 25.6 Å². The molecule has 12 heteroatoms.